The summed E-state index contributed by atoms with van der Waals surface area (Å²) in [5, 5.41) is 8.09. The molecule has 0 aliphatic carbocycles. The second-order valence-electron chi connectivity index (χ2n) is 2.75. The zero-order valence-corrected chi connectivity index (χ0v) is 10.6. The van der Waals surface area contributed by atoms with Gasteiger partial charge in [-0.05, 0) is 40.8 Å². The van der Waals surface area contributed by atoms with Crippen LogP contribution in [-0.4, -0.2) is 10.2 Å². The quantitative estimate of drug-likeness (QED) is 0.782. The van der Waals surface area contributed by atoms with Crippen LogP contribution in [0.5, 0.6) is 0 Å². The van der Waals surface area contributed by atoms with Crippen molar-refractivity contribution in [2.24, 2.45) is 0 Å². The highest BCUT2D eigenvalue weighted by molar-refractivity contribution is 14.1. The van der Waals surface area contributed by atoms with Gasteiger partial charge in [0, 0.05) is 15.6 Å². The van der Waals surface area contributed by atoms with Crippen LogP contribution in [0.2, 0.25) is 10.0 Å². The lowest BCUT2D eigenvalue weighted by Gasteiger charge is -2.00. The van der Waals surface area contributed by atoms with Gasteiger partial charge in [-0.1, -0.05) is 23.2 Å². The molecule has 0 amide bonds. The van der Waals surface area contributed by atoms with E-state index in [0.29, 0.717) is 10.0 Å². The summed E-state index contributed by atoms with van der Waals surface area (Å²) < 4.78 is 1.04. The van der Waals surface area contributed by atoms with Crippen molar-refractivity contribution in [2.45, 2.75) is 0 Å². The molecule has 2 rings (SSSR count). The fourth-order valence-electron chi connectivity index (χ4n) is 1.17. The number of benzene rings is 1. The molecule has 0 fully saturated rings. The van der Waals surface area contributed by atoms with Gasteiger partial charge in [-0.15, -0.1) is 0 Å². The first kappa shape index (κ1) is 10.3. The number of nitrogens with one attached hydrogen (secondary N) is 1. The summed E-state index contributed by atoms with van der Waals surface area (Å²) in [5.41, 5.74) is 1.89. The molecule has 1 aromatic heterocycles. The highest BCUT2D eigenvalue weighted by atomic mass is 127. The van der Waals surface area contributed by atoms with Gasteiger partial charge in [0.05, 0.1) is 15.5 Å². The van der Waals surface area contributed by atoms with Gasteiger partial charge >= 0.3 is 0 Å². The minimum atomic E-state index is 0.623. The van der Waals surface area contributed by atoms with Crippen molar-refractivity contribution in [1.82, 2.24) is 10.2 Å². The van der Waals surface area contributed by atoms with E-state index < -0.39 is 0 Å². The van der Waals surface area contributed by atoms with Gasteiger partial charge in [0.25, 0.3) is 0 Å². The lowest BCUT2D eigenvalue weighted by molar-refractivity contribution is 1.10. The zero-order valence-electron chi connectivity index (χ0n) is 6.89. The summed E-state index contributed by atoms with van der Waals surface area (Å²) in [4.78, 5) is 0. The molecule has 5 heteroatoms. The van der Waals surface area contributed by atoms with E-state index in [0.717, 1.165) is 14.8 Å². The number of nitrogens with zero attached hydrogens (tertiary/aromatic N) is 1. The van der Waals surface area contributed by atoms with E-state index >= 15 is 0 Å². The van der Waals surface area contributed by atoms with Gasteiger partial charge in [-0.2, -0.15) is 5.10 Å². The van der Waals surface area contributed by atoms with E-state index in [4.69, 9.17) is 23.2 Å². The van der Waals surface area contributed by atoms with Crippen LogP contribution in [0.15, 0.2) is 24.4 Å². The van der Waals surface area contributed by atoms with Crippen LogP contribution < -0.4 is 0 Å². The highest BCUT2D eigenvalue weighted by Crippen LogP contribution is 2.28. The normalized spacial score (nSPS) is 10.5. The molecule has 0 spiro atoms. The maximum atomic E-state index is 5.90. The molecule has 0 saturated carbocycles. The molecular formula is C9H5Cl2IN2. The summed E-state index contributed by atoms with van der Waals surface area (Å²) in [7, 11) is 0. The summed E-state index contributed by atoms with van der Waals surface area (Å²) in [6, 6.07) is 5.40. The van der Waals surface area contributed by atoms with Crippen molar-refractivity contribution in [1.29, 1.82) is 0 Å². The van der Waals surface area contributed by atoms with Gasteiger partial charge in [0.1, 0.15) is 0 Å². The fraction of sp³-hybridized carbons (Fsp3) is 0. The van der Waals surface area contributed by atoms with Crippen molar-refractivity contribution < 1.29 is 0 Å². The van der Waals surface area contributed by atoms with Crippen molar-refractivity contribution in [2.75, 3.05) is 0 Å². The van der Waals surface area contributed by atoms with Crippen LogP contribution in [0.4, 0.5) is 0 Å². The molecule has 0 unspecified atom stereocenters. The first-order valence-electron chi connectivity index (χ1n) is 3.82. The third-order valence-corrected chi connectivity index (χ3v) is 3.00. The Kier molecular flexibility index (Phi) is 2.99. The highest BCUT2D eigenvalue weighted by Gasteiger charge is 2.06. The van der Waals surface area contributed by atoms with Gasteiger partial charge < -0.3 is 0 Å². The molecule has 0 bridgehead atoms. The Morgan fingerprint density at radius 2 is 1.79 bits per heavy atom. The molecule has 14 heavy (non-hydrogen) atoms. The van der Waals surface area contributed by atoms with Crippen molar-refractivity contribution in [3.63, 3.8) is 0 Å². The molecule has 0 radical (unpaired) electrons. The Balaban J connectivity index is 2.57. The van der Waals surface area contributed by atoms with Gasteiger partial charge in [-0.3, -0.25) is 5.10 Å². The van der Waals surface area contributed by atoms with Crippen LogP contribution in [-0.2, 0) is 0 Å². The van der Waals surface area contributed by atoms with E-state index in [-0.39, 0.29) is 0 Å². The zero-order chi connectivity index (χ0) is 10.1. The third kappa shape index (κ3) is 2.04. The smallest absolute Gasteiger partial charge is 0.0784 e. The van der Waals surface area contributed by atoms with Crippen LogP contribution in [0.3, 0.4) is 0 Å². The second kappa shape index (κ2) is 4.08. The molecule has 0 aliphatic heterocycles. The Morgan fingerprint density at radius 1 is 1.14 bits per heavy atom. The van der Waals surface area contributed by atoms with Gasteiger partial charge in [0.2, 0.25) is 0 Å². The van der Waals surface area contributed by atoms with Crippen LogP contribution >= 0.6 is 45.8 Å². The number of H-pyrrole nitrogens is 1. The Morgan fingerprint density at radius 3 is 2.29 bits per heavy atom. The topological polar surface area (TPSA) is 28.7 Å². The van der Waals surface area contributed by atoms with E-state index in [1.807, 2.05) is 12.1 Å². The maximum absolute atomic E-state index is 5.90. The summed E-state index contributed by atoms with van der Waals surface area (Å²) in [6.07, 6.45) is 1.75. The third-order valence-electron chi connectivity index (χ3n) is 1.74. The second-order valence-corrected chi connectivity index (χ2v) is 4.79. The van der Waals surface area contributed by atoms with Crippen molar-refractivity contribution in [3.8, 4) is 11.3 Å². The Labute approximate surface area is 105 Å². The lowest BCUT2D eigenvalue weighted by Crippen LogP contribution is -1.81. The number of rotatable bonds is 1. The van der Waals surface area contributed by atoms with Crippen LogP contribution in [0.1, 0.15) is 0 Å². The van der Waals surface area contributed by atoms with Crippen LogP contribution in [0.25, 0.3) is 11.3 Å². The average molecular weight is 339 g/mol. The number of hydrogen-bond donors (Lipinski definition) is 1. The summed E-state index contributed by atoms with van der Waals surface area (Å²) in [6.45, 7) is 0. The number of aromatic nitrogens is 2. The van der Waals surface area contributed by atoms with E-state index in [1.54, 1.807) is 12.3 Å². The molecule has 1 N–H and O–H groups in total. The predicted octanol–water partition coefficient (Wildman–Crippen LogP) is 3.99. The minimum absolute atomic E-state index is 0.623. The average Bonchev–Trinajstić information content (AvgIpc) is 2.49. The van der Waals surface area contributed by atoms with Crippen molar-refractivity contribution in [3.05, 3.63) is 38.0 Å². The summed E-state index contributed by atoms with van der Waals surface area (Å²) in [5.74, 6) is 0. The molecular weight excluding hydrogens is 334 g/mol. The molecule has 0 aliphatic rings. The van der Waals surface area contributed by atoms with E-state index in [2.05, 4.69) is 32.8 Å². The van der Waals surface area contributed by atoms with E-state index in [9.17, 15) is 0 Å². The predicted molar refractivity (Wildman–Crippen MR) is 66.8 cm³/mol. The monoisotopic (exact) mass is 338 g/mol. The SMILES string of the molecule is Clc1cc(Cl)cc(-c2[nH]ncc2I)c1. The fourth-order valence-corrected chi connectivity index (χ4v) is 2.27. The maximum Gasteiger partial charge on any atom is 0.0784 e. The molecule has 0 atom stereocenters. The molecule has 1 aromatic carbocycles. The largest absolute Gasteiger partial charge is 0.277 e. The number of aromatic amines is 1. The molecule has 0 saturated heterocycles. The van der Waals surface area contributed by atoms with Crippen LogP contribution in [0, 0.1) is 3.57 Å². The molecule has 2 nitrogen and oxygen atoms in total. The van der Waals surface area contributed by atoms with Crippen molar-refractivity contribution >= 4 is 45.8 Å². The molecule has 1 heterocycles. The first-order valence-corrected chi connectivity index (χ1v) is 5.65. The Hall–Kier alpha value is -0.260. The van der Waals surface area contributed by atoms with Gasteiger partial charge in [0.15, 0.2) is 0 Å². The standard InChI is InChI=1S/C9H5Cl2IN2/c10-6-1-5(2-7(11)3-6)9-8(12)4-13-14-9/h1-4H,(H,13,14). The number of halogens is 3. The lowest BCUT2D eigenvalue weighted by atomic mass is 10.1. The summed E-state index contributed by atoms with van der Waals surface area (Å²) >= 11 is 14.0. The molecule has 2 aromatic rings. The molecule has 72 valence electrons. The number of hydrogen-bond acceptors (Lipinski definition) is 1. The Bertz CT molecular complexity index is 447. The first-order chi connectivity index (χ1) is 6.66. The van der Waals surface area contributed by atoms with Gasteiger partial charge in [-0.25, -0.2) is 0 Å². The van der Waals surface area contributed by atoms with E-state index in [1.165, 1.54) is 0 Å². The minimum Gasteiger partial charge on any atom is -0.277 e.